The fraction of sp³-hybridized carbons (Fsp3) is 0.167. The van der Waals surface area contributed by atoms with Gasteiger partial charge in [0, 0.05) is 16.6 Å². The molecule has 1 aromatic heterocycles. The molecule has 0 fully saturated rings. The largest absolute Gasteiger partial charge is 0.385 e. The lowest BCUT2D eigenvalue weighted by Crippen LogP contribution is -2.33. The van der Waals surface area contributed by atoms with Crippen LogP contribution in [0.25, 0.3) is 10.9 Å². The van der Waals surface area contributed by atoms with E-state index in [0.717, 1.165) is 0 Å². The zero-order chi connectivity index (χ0) is 13.3. The Morgan fingerprint density at radius 1 is 1.33 bits per heavy atom. The Balaban J connectivity index is 2.54. The number of amides is 1. The number of nitrogens with two attached hydrogens (primary N) is 1. The van der Waals surface area contributed by atoms with E-state index in [1.807, 2.05) is 0 Å². The van der Waals surface area contributed by atoms with Crippen LogP contribution in [-0.4, -0.2) is 27.2 Å². The second-order valence-electron chi connectivity index (χ2n) is 3.85. The number of halogens is 1. The smallest absolute Gasteiger partial charge is 0.249 e. The maximum atomic E-state index is 10.9. The SMILES string of the molecule is NC(=O)C(O)C(O)c1ccnc2cc(Cl)ccc12. The Bertz CT molecular complexity index is 603. The van der Waals surface area contributed by atoms with Gasteiger partial charge in [0.15, 0.2) is 6.10 Å². The van der Waals surface area contributed by atoms with E-state index in [1.165, 1.54) is 12.3 Å². The van der Waals surface area contributed by atoms with Gasteiger partial charge in [-0.25, -0.2) is 0 Å². The second-order valence-corrected chi connectivity index (χ2v) is 4.29. The number of primary amides is 1. The van der Waals surface area contributed by atoms with Crippen molar-refractivity contribution in [3.63, 3.8) is 0 Å². The average molecular weight is 267 g/mol. The van der Waals surface area contributed by atoms with Gasteiger partial charge in [-0.15, -0.1) is 0 Å². The molecule has 94 valence electrons. The Morgan fingerprint density at radius 3 is 2.72 bits per heavy atom. The van der Waals surface area contributed by atoms with Crippen LogP contribution in [0.5, 0.6) is 0 Å². The summed E-state index contributed by atoms with van der Waals surface area (Å²) >= 11 is 5.84. The van der Waals surface area contributed by atoms with E-state index in [0.29, 0.717) is 21.5 Å². The van der Waals surface area contributed by atoms with Gasteiger partial charge < -0.3 is 15.9 Å². The van der Waals surface area contributed by atoms with E-state index in [9.17, 15) is 15.0 Å². The molecule has 0 aliphatic carbocycles. The van der Waals surface area contributed by atoms with E-state index in [-0.39, 0.29) is 0 Å². The standard InChI is InChI=1S/C12H11ClN2O3/c13-6-1-2-7-8(3-4-15-9(7)5-6)10(16)11(17)12(14)18/h1-5,10-11,16-17H,(H2,14,18). The molecular formula is C12H11ClN2O3. The molecule has 1 heterocycles. The van der Waals surface area contributed by atoms with Crippen LogP contribution in [0.3, 0.4) is 0 Å². The minimum Gasteiger partial charge on any atom is -0.385 e. The highest BCUT2D eigenvalue weighted by Gasteiger charge is 2.24. The number of carbonyl (C=O) groups is 1. The van der Waals surface area contributed by atoms with E-state index in [4.69, 9.17) is 17.3 Å². The van der Waals surface area contributed by atoms with Crippen molar-refractivity contribution < 1.29 is 15.0 Å². The highest BCUT2D eigenvalue weighted by atomic mass is 35.5. The fourth-order valence-corrected chi connectivity index (χ4v) is 1.89. The molecule has 5 nitrogen and oxygen atoms in total. The molecule has 1 amide bonds. The number of pyridine rings is 1. The van der Waals surface area contributed by atoms with Crippen molar-refractivity contribution >= 4 is 28.4 Å². The van der Waals surface area contributed by atoms with Gasteiger partial charge in [0.1, 0.15) is 6.10 Å². The Labute approximate surface area is 108 Å². The van der Waals surface area contributed by atoms with E-state index < -0.39 is 18.1 Å². The van der Waals surface area contributed by atoms with Gasteiger partial charge >= 0.3 is 0 Å². The number of fused-ring (bicyclic) bond motifs is 1. The highest BCUT2D eigenvalue weighted by molar-refractivity contribution is 6.31. The van der Waals surface area contributed by atoms with Crippen LogP contribution in [0.1, 0.15) is 11.7 Å². The first-order chi connectivity index (χ1) is 8.50. The summed E-state index contributed by atoms with van der Waals surface area (Å²) in [5.41, 5.74) is 5.90. The zero-order valence-electron chi connectivity index (χ0n) is 9.25. The number of hydrogen-bond donors (Lipinski definition) is 3. The number of aromatic nitrogens is 1. The normalized spacial score (nSPS) is 14.4. The lowest BCUT2D eigenvalue weighted by atomic mass is 10.00. The van der Waals surface area contributed by atoms with Crippen molar-refractivity contribution in [2.75, 3.05) is 0 Å². The molecular weight excluding hydrogens is 256 g/mol. The van der Waals surface area contributed by atoms with E-state index >= 15 is 0 Å². The highest BCUT2D eigenvalue weighted by Crippen LogP contribution is 2.26. The number of aliphatic hydroxyl groups is 2. The fourth-order valence-electron chi connectivity index (χ4n) is 1.73. The molecule has 0 spiro atoms. The number of aliphatic hydroxyl groups excluding tert-OH is 2. The summed E-state index contributed by atoms with van der Waals surface area (Å²) in [6, 6.07) is 6.45. The molecule has 0 bridgehead atoms. The van der Waals surface area contributed by atoms with Crippen molar-refractivity contribution in [2.45, 2.75) is 12.2 Å². The first kappa shape index (κ1) is 12.8. The second kappa shape index (κ2) is 4.89. The van der Waals surface area contributed by atoms with E-state index in [1.54, 1.807) is 18.2 Å². The summed E-state index contributed by atoms with van der Waals surface area (Å²) in [5, 5.41) is 20.5. The van der Waals surface area contributed by atoms with Gasteiger partial charge in [-0.1, -0.05) is 17.7 Å². The summed E-state index contributed by atoms with van der Waals surface area (Å²) < 4.78 is 0. The number of hydrogen-bond acceptors (Lipinski definition) is 4. The summed E-state index contributed by atoms with van der Waals surface area (Å²) in [6.45, 7) is 0. The van der Waals surface area contributed by atoms with Gasteiger partial charge in [-0.2, -0.15) is 0 Å². The van der Waals surface area contributed by atoms with Crippen LogP contribution in [0.15, 0.2) is 30.5 Å². The van der Waals surface area contributed by atoms with E-state index in [2.05, 4.69) is 4.98 Å². The maximum Gasteiger partial charge on any atom is 0.249 e. The maximum absolute atomic E-state index is 10.9. The van der Waals surface area contributed by atoms with Crippen LogP contribution in [0, 0.1) is 0 Å². The third-order valence-electron chi connectivity index (χ3n) is 2.65. The van der Waals surface area contributed by atoms with Gasteiger partial charge in [0.25, 0.3) is 0 Å². The first-order valence-corrected chi connectivity index (χ1v) is 5.58. The molecule has 0 aliphatic heterocycles. The Morgan fingerprint density at radius 2 is 2.06 bits per heavy atom. The van der Waals surface area contributed by atoms with Crippen molar-refractivity contribution in [3.8, 4) is 0 Å². The molecule has 1 aromatic carbocycles. The van der Waals surface area contributed by atoms with Crippen LogP contribution in [0.4, 0.5) is 0 Å². The van der Waals surface area contributed by atoms with Crippen LogP contribution < -0.4 is 5.73 Å². The number of rotatable bonds is 3. The molecule has 0 aliphatic rings. The first-order valence-electron chi connectivity index (χ1n) is 5.20. The number of nitrogens with zero attached hydrogens (tertiary/aromatic N) is 1. The summed E-state index contributed by atoms with van der Waals surface area (Å²) in [5.74, 6) is -0.985. The van der Waals surface area contributed by atoms with Crippen molar-refractivity contribution in [1.29, 1.82) is 0 Å². The van der Waals surface area contributed by atoms with Crippen molar-refractivity contribution in [1.82, 2.24) is 4.98 Å². The quantitative estimate of drug-likeness (QED) is 0.764. The van der Waals surface area contributed by atoms with Crippen LogP contribution in [0.2, 0.25) is 5.02 Å². The Kier molecular flexibility index (Phi) is 3.47. The predicted molar refractivity (Wildman–Crippen MR) is 66.9 cm³/mol. The lowest BCUT2D eigenvalue weighted by molar-refractivity contribution is -0.131. The minimum atomic E-state index is -1.66. The van der Waals surface area contributed by atoms with Crippen molar-refractivity contribution in [2.24, 2.45) is 5.73 Å². The van der Waals surface area contributed by atoms with Gasteiger partial charge in [0.05, 0.1) is 5.52 Å². The predicted octanol–water partition coefficient (Wildman–Crippen LogP) is 0.768. The zero-order valence-corrected chi connectivity index (χ0v) is 10.0. The van der Waals surface area contributed by atoms with Crippen LogP contribution >= 0.6 is 11.6 Å². The van der Waals surface area contributed by atoms with Gasteiger partial charge in [-0.3, -0.25) is 9.78 Å². The minimum absolute atomic E-state index is 0.378. The number of carbonyl (C=O) groups excluding carboxylic acids is 1. The summed E-state index contributed by atoms with van der Waals surface area (Å²) in [6.07, 6.45) is -1.59. The van der Waals surface area contributed by atoms with Crippen LogP contribution in [-0.2, 0) is 4.79 Å². The third kappa shape index (κ3) is 2.28. The molecule has 2 atom stereocenters. The lowest BCUT2D eigenvalue weighted by Gasteiger charge is -2.16. The molecule has 0 saturated heterocycles. The average Bonchev–Trinajstić information content (AvgIpc) is 2.35. The molecule has 0 radical (unpaired) electrons. The molecule has 6 heteroatoms. The van der Waals surface area contributed by atoms with Crippen molar-refractivity contribution in [3.05, 3.63) is 41.0 Å². The topological polar surface area (TPSA) is 96.4 Å². The molecule has 2 unspecified atom stereocenters. The summed E-state index contributed by atoms with van der Waals surface area (Å²) in [7, 11) is 0. The van der Waals surface area contributed by atoms with Gasteiger partial charge in [0.2, 0.25) is 5.91 Å². The molecule has 0 saturated carbocycles. The third-order valence-corrected chi connectivity index (χ3v) is 2.88. The number of benzene rings is 1. The molecule has 4 N–H and O–H groups in total. The molecule has 2 rings (SSSR count). The molecule has 18 heavy (non-hydrogen) atoms. The molecule has 2 aromatic rings. The summed E-state index contributed by atoms with van der Waals surface area (Å²) in [4.78, 5) is 15.0. The Hall–Kier alpha value is -1.69. The monoisotopic (exact) mass is 266 g/mol. The van der Waals surface area contributed by atoms with Gasteiger partial charge in [-0.05, 0) is 23.8 Å².